The summed E-state index contributed by atoms with van der Waals surface area (Å²) in [6.07, 6.45) is 0.809. The van der Waals surface area contributed by atoms with Crippen LogP contribution in [0.4, 0.5) is 4.39 Å². The molecule has 1 rings (SSSR count). The molecule has 0 unspecified atom stereocenters. The summed E-state index contributed by atoms with van der Waals surface area (Å²) < 4.78 is 13.7. The fourth-order valence-corrected chi connectivity index (χ4v) is 1.79. The summed E-state index contributed by atoms with van der Waals surface area (Å²) >= 11 is 0. The van der Waals surface area contributed by atoms with Gasteiger partial charge in [-0.15, -0.1) is 12.4 Å². The van der Waals surface area contributed by atoms with E-state index >= 15 is 0 Å². The van der Waals surface area contributed by atoms with Crippen LogP contribution in [0.2, 0.25) is 0 Å². The summed E-state index contributed by atoms with van der Waals surface area (Å²) in [6, 6.07) is 4.28. The van der Waals surface area contributed by atoms with E-state index in [-0.39, 0.29) is 18.2 Å². The van der Waals surface area contributed by atoms with Gasteiger partial charge in [-0.1, -0.05) is 26.0 Å². The first-order valence-corrected chi connectivity index (χ1v) is 6.11. The highest BCUT2D eigenvalue weighted by atomic mass is 35.5. The van der Waals surface area contributed by atoms with Gasteiger partial charge in [-0.2, -0.15) is 0 Å². The first kappa shape index (κ1) is 17.4. The van der Waals surface area contributed by atoms with E-state index in [1.54, 1.807) is 6.07 Å². The highest BCUT2D eigenvalue weighted by Gasteiger charge is 2.20. The van der Waals surface area contributed by atoms with Crippen molar-refractivity contribution in [2.45, 2.75) is 45.8 Å². The Morgan fingerprint density at radius 1 is 1.28 bits per heavy atom. The van der Waals surface area contributed by atoms with Crippen molar-refractivity contribution in [3.8, 4) is 0 Å². The molecule has 0 heterocycles. The Labute approximate surface area is 115 Å². The van der Waals surface area contributed by atoms with Crippen molar-refractivity contribution in [3.05, 3.63) is 35.1 Å². The van der Waals surface area contributed by atoms with E-state index in [0.717, 1.165) is 12.0 Å². The summed E-state index contributed by atoms with van der Waals surface area (Å²) in [5.74, 6) is 0.181. The number of aryl methyl sites for hydroxylation is 1. The van der Waals surface area contributed by atoms with Crippen molar-refractivity contribution < 1.29 is 9.50 Å². The summed E-state index contributed by atoms with van der Waals surface area (Å²) in [5, 5.41) is 9.92. The number of aliphatic hydroxyl groups is 1. The fraction of sp³-hybridized carbons (Fsp3) is 0.571. The van der Waals surface area contributed by atoms with Crippen LogP contribution in [0.15, 0.2) is 18.2 Å². The fourth-order valence-electron chi connectivity index (χ4n) is 1.79. The quantitative estimate of drug-likeness (QED) is 0.866. The average molecular weight is 276 g/mol. The lowest BCUT2D eigenvalue weighted by Gasteiger charge is -2.20. The third-order valence-corrected chi connectivity index (χ3v) is 2.97. The molecule has 2 nitrogen and oxygen atoms in total. The molecule has 0 aromatic heterocycles. The van der Waals surface area contributed by atoms with Crippen molar-refractivity contribution >= 4 is 12.4 Å². The Morgan fingerprint density at radius 3 is 2.39 bits per heavy atom. The molecule has 4 heteroatoms. The summed E-state index contributed by atoms with van der Waals surface area (Å²) in [5.41, 5.74) is 7.14. The molecule has 0 bridgehead atoms. The molecule has 104 valence electrons. The second-order valence-corrected chi connectivity index (χ2v) is 5.09. The predicted molar refractivity (Wildman–Crippen MR) is 75.4 cm³/mol. The first-order valence-electron chi connectivity index (χ1n) is 6.11. The number of aliphatic hydroxyl groups excluding tert-OH is 1. The SMILES string of the molecule is Cc1ccc([C@H](N)[C@H](O)CCC(C)C)c(F)c1.Cl. The number of rotatable bonds is 5. The molecule has 0 amide bonds. The monoisotopic (exact) mass is 275 g/mol. The number of benzene rings is 1. The third-order valence-electron chi connectivity index (χ3n) is 2.97. The Bertz CT molecular complexity index is 371. The van der Waals surface area contributed by atoms with Crippen LogP contribution in [0.25, 0.3) is 0 Å². The highest BCUT2D eigenvalue weighted by molar-refractivity contribution is 5.85. The van der Waals surface area contributed by atoms with Crippen molar-refractivity contribution in [2.24, 2.45) is 11.7 Å². The Kier molecular flexibility index (Phi) is 7.45. The predicted octanol–water partition coefficient (Wildman–Crippen LogP) is 3.35. The molecule has 2 atom stereocenters. The van der Waals surface area contributed by atoms with E-state index in [1.165, 1.54) is 6.07 Å². The van der Waals surface area contributed by atoms with E-state index in [2.05, 4.69) is 13.8 Å². The Balaban J connectivity index is 0.00000289. The van der Waals surface area contributed by atoms with Gasteiger partial charge in [-0.05, 0) is 37.3 Å². The maximum absolute atomic E-state index is 13.7. The minimum absolute atomic E-state index is 0. The van der Waals surface area contributed by atoms with Crippen LogP contribution in [-0.4, -0.2) is 11.2 Å². The maximum Gasteiger partial charge on any atom is 0.128 e. The van der Waals surface area contributed by atoms with Crippen LogP contribution in [0.1, 0.15) is 43.9 Å². The third kappa shape index (κ3) is 4.92. The second-order valence-electron chi connectivity index (χ2n) is 5.09. The molecular formula is C14H23ClFNO. The van der Waals surface area contributed by atoms with Gasteiger partial charge in [-0.3, -0.25) is 0 Å². The van der Waals surface area contributed by atoms with Crippen molar-refractivity contribution in [2.75, 3.05) is 0 Å². The van der Waals surface area contributed by atoms with Crippen LogP contribution in [0.5, 0.6) is 0 Å². The van der Waals surface area contributed by atoms with Crippen LogP contribution < -0.4 is 5.73 Å². The van der Waals surface area contributed by atoms with Gasteiger partial charge in [0, 0.05) is 5.56 Å². The highest BCUT2D eigenvalue weighted by Crippen LogP contribution is 2.22. The zero-order valence-electron chi connectivity index (χ0n) is 11.2. The van der Waals surface area contributed by atoms with Gasteiger partial charge in [0.1, 0.15) is 5.82 Å². The topological polar surface area (TPSA) is 46.2 Å². The minimum Gasteiger partial charge on any atom is -0.391 e. The van der Waals surface area contributed by atoms with Gasteiger partial charge in [0.15, 0.2) is 0 Å². The molecule has 0 saturated carbocycles. The van der Waals surface area contributed by atoms with E-state index in [9.17, 15) is 9.50 Å². The van der Waals surface area contributed by atoms with Crippen molar-refractivity contribution in [1.82, 2.24) is 0 Å². The van der Waals surface area contributed by atoms with Crippen LogP contribution in [0.3, 0.4) is 0 Å². The zero-order chi connectivity index (χ0) is 13.0. The summed E-state index contributed by atoms with van der Waals surface area (Å²) in [6.45, 7) is 6.00. The van der Waals surface area contributed by atoms with Gasteiger partial charge in [0.25, 0.3) is 0 Å². The molecule has 1 aromatic rings. The molecule has 0 saturated heterocycles. The normalized spacial score (nSPS) is 14.2. The summed E-state index contributed by atoms with van der Waals surface area (Å²) in [4.78, 5) is 0. The number of hydrogen-bond donors (Lipinski definition) is 2. The van der Waals surface area contributed by atoms with Crippen LogP contribution >= 0.6 is 12.4 Å². The molecule has 0 aliphatic rings. The molecular weight excluding hydrogens is 253 g/mol. The molecule has 1 aromatic carbocycles. The van der Waals surface area contributed by atoms with Gasteiger partial charge >= 0.3 is 0 Å². The number of hydrogen-bond acceptors (Lipinski definition) is 2. The lowest BCUT2D eigenvalue weighted by atomic mass is 9.95. The number of halogens is 2. The van der Waals surface area contributed by atoms with Crippen molar-refractivity contribution in [1.29, 1.82) is 0 Å². The van der Waals surface area contributed by atoms with Gasteiger partial charge in [0.2, 0.25) is 0 Å². The molecule has 0 radical (unpaired) electrons. The van der Waals surface area contributed by atoms with E-state index in [0.29, 0.717) is 17.9 Å². The van der Waals surface area contributed by atoms with Crippen LogP contribution in [0, 0.1) is 18.7 Å². The lowest BCUT2D eigenvalue weighted by molar-refractivity contribution is 0.127. The Hall–Kier alpha value is -0.640. The standard InChI is InChI=1S/C14H22FNO.ClH/c1-9(2)4-7-13(17)14(16)11-6-5-10(3)8-12(11)15;/h5-6,8-9,13-14,17H,4,7,16H2,1-3H3;1H/t13-,14+;/m1./s1. The molecule has 18 heavy (non-hydrogen) atoms. The molecule has 0 aliphatic heterocycles. The van der Waals surface area contributed by atoms with Gasteiger partial charge < -0.3 is 10.8 Å². The lowest BCUT2D eigenvalue weighted by Crippen LogP contribution is -2.27. The van der Waals surface area contributed by atoms with E-state index < -0.39 is 12.1 Å². The van der Waals surface area contributed by atoms with Gasteiger partial charge in [-0.25, -0.2) is 4.39 Å². The second kappa shape index (κ2) is 7.72. The maximum atomic E-state index is 13.7. The largest absolute Gasteiger partial charge is 0.391 e. The molecule has 0 fully saturated rings. The molecule has 0 aliphatic carbocycles. The molecule has 0 spiro atoms. The van der Waals surface area contributed by atoms with Gasteiger partial charge in [0.05, 0.1) is 12.1 Å². The Morgan fingerprint density at radius 2 is 1.89 bits per heavy atom. The molecule has 3 N–H and O–H groups in total. The van der Waals surface area contributed by atoms with Crippen molar-refractivity contribution in [3.63, 3.8) is 0 Å². The zero-order valence-corrected chi connectivity index (χ0v) is 12.0. The number of nitrogens with two attached hydrogens (primary N) is 1. The van der Waals surface area contributed by atoms with E-state index in [1.807, 2.05) is 13.0 Å². The van der Waals surface area contributed by atoms with Crippen LogP contribution in [-0.2, 0) is 0 Å². The summed E-state index contributed by atoms with van der Waals surface area (Å²) in [7, 11) is 0. The first-order chi connectivity index (χ1) is 7.91. The van der Waals surface area contributed by atoms with E-state index in [4.69, 9.17) is 5.73 Å². The average Bonchev–Trinajstić information content (AvgIpc) is 2.25. The smallest absolute Gasteiger partial charge is 0.128 e. The minimum atomic E-state index is -0.686.